The van der Waals surface area contributed by atoms with E-state index < -0.39 is 5.91 Å². The van der Waals surface area contributed by atoms with E-state index in [1.165, 1.54) is 0 Å². The van der Waals surface area contributed by atoms with Crippen molar-refractivity contribution in [2.45, 2.75) is 27.7 Å². The number of nitrogens with two attached hydrogens (primary N) is 1. The average molecular weight is 536 g/mol. The van der Waals surface area contributed by atoms with Crippen LogP contribution in [-0.2, 0) is 7.05 Å². The molecule has 0 fully saturated rings. The molecule has 2 aromatic carbocycles. The summed E-state index contributed by atoms with van der Waals surface area (Å²) in [5, 5.41) is 9.22. The van der Waals surface area contributed by atoms with E-state index in [0.29, 0.717) is 40.1 Å². The van der Waals surface area contributed by atoms with Gasteiger partial charge in [-0.1, -0.05) is 35.5 Å². The first-order valence-corrected chi connectivity index (χ1v) is 12.8. The van der Waals surface area contributed by atoms with Gasteiger partial charge in [-0.05, 0) is 39.8 Å². The van der Waals surface area contributed by atoms with Crippen molar-refractivity contribution in [1.29, 1.82) is 0 Å². The molecule has 0 aliphatic carbocycles. The summed E-state index contributed by atoms with van der Waals surface area (Å²) in [7, 11) is 3.55. The summed E-state index contributed by atoms with van der Waals surface area (Å²) in [6.07, 6.45) is 0. The van der Waals surface area contributed by atoms with Crippen molar-refractivity contribution in [3.63, 3.8) is 0 Å². The summed E-state index contributed by atoms with van der Waals surface area (Å²) in [6.45, 7) is 7.49. The van der Waals surface area contributed by atoms with Gasteiger partial charge in [0.15, 0.2) is 0 Å². The minimum Gasteiger partial charge on any atom is -0.496 e. The Morgan fingerprint density at radius 2 is 1.85 bits per heavy atom. The van der Waals surface area contributed by atoms with Gasteiger partial charge in [0, 0.05) is 34.8 Å². The van der Waals surface area contributed by atoms with E-state index in [-0.39, 0.29) is 0 Å². The van der Waals surface area contributed by atoms with Gasteiger partial charge in [-0.25, -0.2) is 9.97 Å². The predicted octanol–water partition coefficient (Wildman–Crippen LogP) is 5.86. The minimum absolute atomic E-state index is 0.406. The fourth-order valence-electron chi connectivity index (χ4n) is 5.54. The molecule has 0 spiro atoms. The zero-order chi connectivity index (χ0) is 28.3. The summed E-state index contributed by atoms with van der Waals surface area (Å²) in [6, 6.07) is 13.8. The van der Waals surface area contributed by atoms with Crippen molar-refractivity contribution >= 4 is 39.3 Å². The van der Waals surface area contributed by atoms with Gasteiger partial charge in [-0.2, -0.15) is 0 Å². The molecule has 10 nitrogen and oxygen atoms in total. The fraction of sp³-hybridized carbons (Fsp3) is 0.200. The van der Waals surface area contributed by atoms with Crippen LogP contribution in [0.1, 0.15) is 33.3 Å². The molecule has 4 N–H and O–H groups in total. The first kappa shape index (κ1) is 25.2. The third kappa shape index (κ3) is 3.79. The Morgan fingerprint density at radius 1 is 1.10 bits per heavy atom. The van der Waals surface area contributed by atoms with Crippen molar-refractivity contribution in [3.8, 4) is 28.1 Å². The highest BCUT2D eigenvalue weighted by molar-refractivity contribution is 6.14. The number of carbonyl (C=O) groups excluding carboxylic acids is 1. The van der Waals surface area contributed by atoms with Crippen molar-refractivity contribution in [3.05, 3.63) is 71.0 Å². The maximum atomic E-state index is 12.7. The van der Waals surface area contributed by atoms with Crippen LogP contribution >= 0.6 is 0 Å². The number of primary amides is 1. The first-order chi connectivity index (χ1) is 19.2. The number of H-pyrrole nitrogens is 1. The molecule has 202 valence electrons. The largest absolute Gasteiger partial charge is 0.496 e. The van der Waals surface area contributed by atoms with E-state index in [1.54, 1.807) is 7.11 Å². The van der Waals surface area contributed by atoms with E-state index >= 15 is 0 Å². The molecule has 0 atom stereocenters. The Bertz CT molecular complexity index is 1930. The van der Waals surface area contributed by atoms with Crippen LogP contribution in [0.4, 0.5) is 11.5 Å². The quantitative estimate of drug-likeness (QED) is 0.243. The lowest BCUT2D eigenvalue weighted by molar-refractivity contribution is 0.100. The smallest absolute Gasteiger partial charge is 0.252 e. The van der Waals surface area contributed by atoms with E-state index in [9.17, 15) is 4.79 Å². The molecule has 0 bridgehead atoms. The lowest BCUT2D eigenvalue weighted by atomic mass is 10.0. The Labute approximate surface area is 230 Å². The minimum atomic E-state index is -0.524. The summed E-state index contributed by atoms with van der Waals surface area (Å²) >= 11 is 0. The molecule has 1 amide bonds. The molecule has 0 unspecified atom stereocenters. The van der Waals surface area contributed by atoms with E-state index in [4.69, 9.17) is 20.0 Å². The fourth-order valence-corrected chi connectivity index (χ4v) is 5.54. The summed E-state index contributed by atoms with van der Waals surface area (Å²) in [5.41, 5.74) is 13.4. The molecule has 4 heterocycles. The van der Waals surface area contributed by atoms with Gasteiger partial charge < -0.3 is 29.9 Å². The zero-order valence-electron chi connectivity index (χ0n) is 23.1. The molecule has 6 aromatic rings. The third-order valence-corrected chi connectivity index (χ3v) is 7.41. The number of aromatic nitrogens is 5. The molecule has 6 rings (SSSR count). The van der Waals surface area contributed by atoms with Gasteiger partial charge in [-0.3, -0.25) is 4.79 Å². The lowest BCUT2D eigenvalue weighted by Gasteiger charge is -2.13. The Kier molecular flexibility index (Phi) is 5.83. The number of fused-ring (bicyclic) bond motifs is 3. The Balaban J connectivity index is 1.62. The topological polar surface area (TPSA) is 137 Å². The number of nitrogens with one attached hydrogen (secondary N) is 2. The van der Waals surface area contributed by atoms with Gasteiger partial charge in [0.25, 0.3) is 5.91 Å². The first-order valence-electron chi connectivity index (χ1n) is 12.8. The highest BCUT2D eigenvalue weighted by Crippen LogP contribution is 2.42. The van der Waals surface area contributed by atoms with Crippen LogP contribution in [0.3, 0.4) is 0 Å². The number of hydrogen-bond acceptors (Lipinski definition) is 7. The molecule has 0 radical (unpaired) electrons. The second-order valence-corrected chi connectivity index (χ2v) is 9.86. The van der Waals surface area contributed by atoms with Crippen LogP contribution in [-0.4, -0.2) is 37.7 Å². The molecule has 4 aromatic heterocycles. The summed E-state index contributed by atoms with van der Waals surface area (Å²) in [4.78, 5) is 25.6. The van der Waals surface area contributed by atoms with Gasteiger partial charge in [0.2, 0.25) is 0 Å². The molecule has 0 aliphatic rings. The molecule has 0 saturated carbocycles. The van der Waals surface area contributed by atoms with Crippen molar-refractivity contribution in [2.24, 2.45) is 12.8 Å². The number of rotatable bonds is 6. The molecular weight excluding hydrogens is 506 g/mol. The number of hydrogen-bond donors (Lipinski definition) is 3. The number of amides is 1. The molecule has 0 aliphatic heterocycles. The van der Waals surface area contributed by atoms with E-state index in [1.807, 2.05) is 81.8 Å². The van der Waals surface area contributed by atoms with Gasteiger partial charge in [0.05, 0.1) is 40.7 Å². The highest BCUT2D eigenvalue weighted by Gasteiger charge is 2.26. The maximum Gasteiger partial charge on any atom is 0.252 e. The molecule has 10 heteroatoms. The zero-order valence-corrected chi connectivity index (χ0v) is 23.1. The van der Waals surface area contributed by atoms with E-state index in [0.717, 1.165) is 50.1 Å². The van der Waals surface area contributed by atoms with Crippen molar-refractivity contribution in [2.75, 3.05) is 12.4 Å². The number of aryl methyl sites for hydroxylation is 3. The second-order valence-electron chi connectivity index (χ2n) is 9.86. The normalized spacial score (nSPS) is 11.4. The molecular formula is C30H29N7O3. The number of benzene rings is 2. The van der Waals surface area contributed by atoms with E-state index in [2.05, 4.69) is 20.4 Å². The SMILES string of the molecule is COc1cc2c(cc1-c1c(C)noc1C)[nH]c1nc(C)nc(Nc3c(C(N)=O)c(C)n(C)c3-c3ccccc3)c12. The van der Waals surface area contributed by atoms with Crippen molar-refractivity contribution in [1.82, 2.24) is 24.7 Å². The lowest BCUT2D eigenvalue weighted by Crippen LogP contribution is -2.14. The number of nitrogens with zero attached hydrogens (tertiary/aromatic N) is 4. The summed E-state index contributed by atoms with van der Waals surface area (Å²) in [5.74, 6) is 1.95. The number of ether oxygens (including phenoxy) is 1. The van der Waals surface area contributed by atoms with Crippen LogP contribution in [0.15, 0.2) is 47.0 Å². The number of anilines is 2. The van der Waals surface area contributed by atoms with Crippen LogP contribution in [0.25, 0.3) is 44.3 Å². The van der Waals surface area contributed by atoms with Crippen LogP contribution in [0.2, 0.25) is 0 Å². The van der Waals surface area contributed by atoms with Gasteiger partial charge in [-0.15, -0.1) is 0 Å². The highest BCUT2D eigenvalue weighted by atomic mass is 16.5. The Morgan fingerprint density at radius 3 is 2.50 bits per heavy atom. The standard InChI is InChI=1S/C30H29N7O3/c1-14-23(16(3)40-36-14)20-12-21-19(13-22(20)39-6)25-29(34-21)32-17(4)33-30(25)35-26-24(28(31)38)15(2)37(5)27(26)18-10-8-7-9-11-18/h7-13H,1-6H3,(H2,31,38)(H2,32,33,34,35). The van der Waals surface area contributed by atoms with Gasteiger partial charge in [0.1, 0.15) is 28.8 Å². The summed E-state index contributed by atoms with van der Waals surface area (Å²) < 4.78 is 13.2. The maximum absolute atomic E-state index is 12.7. The van der Waals surface area contributed by atoms with Crippen LogP contribution in [0, 0.1) is 27.7 Å². The van der Waals surface area contributed by atoms with Crippen LogP contribution < -0.4 is 15.8 Å². The monoisotopic (exact) mass is 535 g/mol. The van der Waals surface area contributed by atoms with Gasteiger partial charge >= 0.3 is 0 Å². The Hall–Kier alpha value is -5.12. The molecule has 0 saturated heterocycles. The average Bonchev–Trinajstić information content (AvgIpc) is 3.53. The third-order valence-electron chi connectivity index (χ3n) is 7.41. The number of methoxy groups -OCH3 is 1. The molecule has 40 heavy (non-hydrogen) atoms. The second kappa shape index (κ2) is 9.26. The number of carbonyl (C=O) groups is 1. The van der Waals surface area contributed by atoms with Crippen molar-refractivity contribution < 1.29 is 14.1 Å². The van der Waals surface area contributed by atoms with Crippen LogP contribution in [0.5, 0.6) is 5.75 Å². The number of aromatic amines is 1. The predicted molar refractivity (Wildman–Crippen MR) is 155 cm³/mol.